The van der Waals surface area contributed by atoms with Gasteiger partial charge >= 0.3 is 6.03 Å². The van der Waals surface area contributed by atoms with E-state index in [9.17, 15) is 4.79 Å². The summed E-state index contributed by atoms with van der Waals surface area (Å²) in [6, 6.07) is 3.75. The van der Waals surface area contributed by atoms with Crippen molar-refractivity contribution in [2.24, 2.45) is 5.92 Å². The molecule has 0 saturated carbocycles. The van der Waals surface area contributed by atoms with Gasteiger partial charge in [-0.15, -0.1) is 0 Å². The van der Waals surface area contributed by atoms with Gasteiger partial charge in [0.2, 0.25) is 0 Å². The summed E-state index contributed by atoms with van der Waals surface area (Å²) in [5, 5.41) is 5.90. The lowest BCUT2D eigenvalue weighted by Gasteiger charge is -2.14. The first-order valence-corrected chi connectivity index (χ1v) is 8.85. The number of rotatable bonds is 6. The summed E-state index contributed by atoms with van der Waals surface area (Å²) in [4.78, 5) is 23.0. The fourth-order valence-corrected chi connectivity index (χ4v) is 3.17. The van der Waals surface area contributed by atoms with Crippen LogP contribution in [0.5, 0.6) is 0 Å². The summed E-state index contributed by atoms with van der Waals surface area (Å²) in [5.41, 5.74) is 1.01. The highest BCUT2D eigenvalue weighted by Gasteiger charge is 2.21. The van der Waals surface area contributed by atoms with Crippen molar-refractivity contribution in [3.05, 3.63) is 42.1 Å². The summed E-state index contributed by atoms with van der Waals surface area (Å²) >= 11 is 0. The maximum absolute atomic E-state index is 12.0. The molecule has 7 heteroatoms. The van der Waals surface area contributed by atoms with Gasteiger partial charge in [-0.1, -0.05) is 6.92 Å². The van der Waals surface area contributed by atoms with Gasteiger partial charge in [0.15, 0.2) is 0 Å². The number of likely N-dealkylation sites (tertiary alicyclic amines) is 1. The van der Waals surface area contributed by atoms with E-state index < -0.39 is 0 Å². The lowest BCUT2D eigenvalue weighted by atomic mass is 10.1. The summed E-state index contributed by atoms with van der Waals surface area (Å²) < 4.78 is 1.92. The average Bonchev–Trinajstić information content (AvgIpc) is 3.27. The third-order valence-electron chi connectivity index (χ3n) is 4.70. The minimum atomic E-state index is -0.118. The molecule has 25 heavy (non-hydrogen) atoms. The Kier molecular flexibility index (Phi) is 5.65. The number of carbonyl (C=O) groups is 1. The van der Waals surface area contributed by atoms with Crippen LogP contribution in [0.25, 0.3) is 5.82 Å². The summed E-state index contributed by atoms with van der Waals surface area (Å²) in [7, 11) is 0. The van der Waals surface area contributed by atoms with E-state index in [1.54, 1.807) is 12.4 Å². The van der Waals surface area contributed by atoms with Gasteiger partial charge in [0.1, 0.15) is 11.6 Å². The van der Waals surface area contributed by atoms with Crippen LogP contribution in [0.2, 0.25) is 0 Å². The Morgan fingerprint density at radius 1 is 1.32 bits per heavy atom. The summed E-state index contributed by atoms with van der Waals surface area (Å²) in [5.74, 6) is 2.25. The number of aryl methyl sites for hydroxylation is 1. The molecule has 2 amide bonds. The zero-order chi connectivity index (χ0) is 17.6. The van der Waals surface area contributed by atoms with Gasteiger partial charge in [-0.25, -0.2) is 14.8 Å². The fraction of sp³-hybridized carbons (Fsp3) is 0.500. The Hall–Kier alpha value is -2.41. The molecule has 3 rings (SSSR count). The van der Waals surface area contributed by atoms with Gasteiger partial charge in [0.05, 0.1) is 0 Å². The number of nitrogens with one attached hydrogen (secondary N) is 2. The third kappa shape index (κ3) is 4.57. The SMILES string of the molecule is CCN1CCC(CNC(=O)NCc2ccnc(-n3ccnc3C)c2)C1. The average molecular weight is 342 g/mol. The van der Waals surface area contributed by atoms with Crippen LogP contribution in [0.15, 0.2) is 30.7 Å². The number of imidazole rings is 1. The number of pyridine rings is 1. The van der Waals surface area contributed by atoms with Gasteiger partial charge in [0, 0.05) is 38.2 Å². The molecule has 1 fully saturated rings. The zero-order valence-corrected chi connectivity index (χ0v) is 14.9. The van der Waals surface area contributed by atoms with Crippen molar-refractivity contribution in [1.29, 1.82) is 0 Å². The number of urea groups is 1. The van der Waals surface area contributed by atoms with E-state index in [1.807, 2.05) is 29.8 Å². The highest BCUT2D eigenvalue weighted by Crippen LogP contribution is 2.14. The van der Waals surface area contributed by atoms with E-state index in [4.69, 9.17) is 0 Å². The molecule has 3 heterocycles. The number of amides is 2. The predicted molar refractivity (Wildman–Crippen MR) is 96.6 cm³/mol. The number of aromatic nitrogens is 3. The number of nitrogens with zero attached hydrogens (tertiary/aromatic N) is 4. The summed E-state index contributed by atoms with van der Waals surface area (Å²) in [6.45, 7) is 8.62. The van der Waals surface area contributed by atoms with Crippen molar-refractivity contribution < 1.29 is 4.79 Å². The Morgan fingerprint density at radius 3 is 2.92 bits per heavy atom. The van der Waals surface area contributed by atoms with Crippen molar-refractivity contribution in [2.75, 3.05) is 26.2 Å². The molecule has 2 aromatic heterocycles. The first-order chi connectivity index (χ1) is 12.2. The van der Waals surface area contributed by atoms with Crippen molar-refractivity contribution in [3.8, 4) is 5.82 Å². The second-order valence-corrected chi connectivity index (χ2v) is 6.48. The second-order valence-electron chi connectivity index (χ2n) is 6.48. The highest BCUT2D eigenvalue weighted by atomic mass is 16.2. The van der Waals surface area contributed by atoms with Crippen molar-refractivity contribution in [3.63, 3.8) is 0 Å². The lowest BCUT2D eigenvalue weighted by Crippen LogP contribution is -2.38. The van der Waals surface area contributed by atoms with E-state index in [0.29, 0.717) is 12.5 Å². The van der Waals surface area contributed by atoms with Crippen LogP contribution in [-0.4, -0.2) is 51.6 Å². The van der Waals surface area contributed by atoms with E-state index >= 15 is 0 Å². The fourth-order valence-electron chi connectivity index (χ4n) is 3.17. The molecule has 1 aliphatic rings. The first kappa shape index (κ1) is 17.4. The predicted octanol–water partition coefficient (Wildman–Crippen LogP) is 1.72. The Bertz CT molecular complexity index is 713. The topological polar surface area (TPSA) is 75.1 Å². The van der Waals surface area contributed by atoms with Crippen LogP contribution >= 0.6 is 0 Å². The van der Waals surface area contributed by atoms with E-state index in [2.05, 4.69) is 32.4 Å². The number of hydrogen-bond donors (Lipinski definition) is 2. The van der Waals surface area contributed by atoms with Crippen molar-refractivity contribution >= 4 is 6.03 Å². The zero-order valence-electron chi connectivity index (χ0n) is 14.9. The maximum Gasteiger partial charge on any atom is 0.315 e. The molecule has 1 saturated heterocycles. The molecule has 134 valence electrons. The molecule has 7 nitrogen and oxygen atoms in total. The molecule has 0 aliphatic carbocycles. The molecular weight excluding hydrogens is 316 g/mol. The highest BCUT2D eigenvalue weighted by molar-refractivity contribution is 5.73. The van der Waals surface area contributed by atoms with Crippen molar-refractivity contribution in [1.82, 2.24) is 30.1 Å². The second kappa shape index (κ2) is 8.11. The van der Waals surface area contributed by atoms with Crippen LogP contribution in [0.4, 0.5) is 4.79 Å². The van der Waals surface area contributed by atoms with Crippen molar-refractivity contribution in [2.45, 2.75) is 26.8 Å². The number of carbonyl (C=O) groups excluding carboxylic acids is 1. The largest absolute Gasteiger partial charge is 0.338 e. The van der Waals surface area contributed by atoms with Crippen LogP contribution in [0.3, 0.4) is 0 Å². The smallest absolute Gasteiger partial charge is 0.315 e. The van der Waals surface area contributed by atoms with Crippen LogP contribution < -0.4 is 10.6 Å². The third-order valence-corrected chi connectivity index (χ3v) is 4.70. The van der Waals surface area contributed by atoms with Gasteiger partial charge in [-0.05, 0) is 50.0 Å². The quantitative estimate of drug-likeness (QED) is 0.838. The van der Waals surface area contributed by atoms with E-state index in [0.717, 1.165) is 49.8 Å². The molecule has 1 unspecified atom stereocenters. The minimum absolute atomic E-state index is 0.118. The molecule has 0 bridgehead atoms. The van der Waals surface area contributed by atoms with Gasteiger partial charge in [-0.3, -0.25) is 4.57 Å². The van der Waals surface area contributed by atoms with Gasteiger partial charge < -0.3 is 15.5 Å². The standard InChI is InChI=1S/C18H26N6O/c1-3-23-8-5-16(13-23)12-22-18(25)21-11-15-4-6-20-17(10-15)24-9-7-19-14(24)2/h4,6-7,9-10,16H,3,5,8,11-13H2,1-2H3,(H2,21,22,25). The Balaban J connectivity index is 1.47. The molecular formula is C18H26N6O. The minimum Gasteiger partial charge on any atom is -0.338 e. The lowest BCUT2D eigenvalue weighted by molar-refractivity contribution is 0.238. The molecule has 0 aromatic carbocycles. The molecule has 1 aliphatic heterocycles. The van der Waals surface area contributed by atoms with Gasteiger partial charge in [0.25, 0.3) is 0 Å². The van der Waals surface area contributed by atoms with E-state index in [1.165, 1.54) is 0 Å². The summed E-state index contributed by atoms with van der Waals surface area (Å²) in [6.07, 6.45) is 6.54. The van der Waals surface area contributed by atoms with Crippen LogP contribution in [0, 0.1) is 12.8 Å². The first-order valence-electron chi connectivity index (χ1n) is 8.85. The Labute approximate surface area is 148 Å². The molecule has 2 N–H and O–H groups in total. The molecule has 0 radical (unpaired) electrons. The Morgan fingerprint density at radius 2 is 2.20 bits per heavy atom. The molecule has 1 atom stereocenters. The van der Waals surface area contributed by atoms with Crippen LogP contribution in [0.1, 0.15) is 24.7 Å². The maximum atomic E-state index is 12.0. The molecule has 2 aromatic rings. The van der Waals surface area contributed by atoms with E-state index in [-0.39, 0.29) is 6.03 Å². The monoisotopic (exact) mass is 342 g/mol. The normalized spacial score (nSPS) is 17.6. The molecule has 0 spiro atoms. The number of hydrogen-bond acceptors (Lipinski definition) is 4. The van der Waals surface area contributed by atoms with Crippen LogP contribution in [-0.2, 0) is 6.54 Å². The van der Waals surface area contributed by atoms with Gasteiger partial charge in [-0.2, -0.15) is 0 Å².